The van der Waals surface area contributed by atoms with E-state index in [0.29, 0.717) is 28.5 Å². The number of fused-ring (bicyclic) bond motifs is 1. The molecule has 0 fully saturated rings. The average molecular weight is 355 g/mol. The fourth-order valence-corrected chi connectivity index (χ4v) is 2.39. The lowest BCUT2D eigenvalue weighted by Crippen LogP contribution is -2.20. The van der Waals surface area contributed by atoms with Crippen molar-refractivity contribution in [2.24, 2.45) is 0 Å². The Balaban J connectivity index is 1.64. The predicted octanol–water partition coefficient (Wildman–Crippen LogP) is 2.83. The van der Waals surface area contributed by atoms with Gasteiger partial charge >= 0.3 is 5.63 Å². The van der Waals surface area contributed by atoms with Gasteiger partial charge in [0.2, 0.25) is 0 Å². The van der Waals surface area contributed by atoms with Crippen molar-refractivity contribution in [2.75, 3.05) is 26.1 Å². The van der Waals surface area contributed by atoms with Crippen molar-refractivity contribution in [2.45, 2.75) is 0 Å². The highest BCUT2D eigenvalue weighted by Gasteiger charge is 2.09. The van der Waals surface area contributed by atoms with E-state index in [1.807, 2.05) is 0 Å². The quantitative estimate of drug-likeness (QED) is 0.684. The predicted molar refractivity (Wildman–Crippen MR) is 96.2 cm³/mol. The van der Waals surface area contributed by atoms with Gasteiger partial charge in [-0.15, -0.1) is 0 Å². The summed E-state index contributed by atoms with van der Waals surface area (Å²) in [5.74, 6) is 1.16. The van der Waals surface area contributed by atoms with Crippen LogP contribution in [0.2, 0.25) is 0 Å². The molecule has 3 rings (SSSR count). The van der Waals surface area contributed by atoms with Gasteiger partial charge in [-0.3, -0.25) is 4.79 Å². The zero-order valence-corrected chi connectivity index (χ0v) is 14.3. The molecule has 0 atom stereocenters. The lowest BCUT2D eigenvalue weighted by atomic mass is 10.2. The Bertz CT molecular complexity index is 995. The molecule has 7 heteroatoms. The summed E-state index contributed by atoms with van der Waals surface area (Å²) in [6.07, 6.45) is 0. The summed E-state index contributed by atoms with van der Waals surface area (Å²) in [7, 11) is 3.06. The molecular formula is C19H17NO6. The van der Waals surface area contributed by atoms with Crippen LogP contribution in [0.1, 0.15) is 0 Å². The minimum Gasteiger partial charge on any atom is -0.493 e. The largest absolute Gasteiger partial charge is 0.493 e. The summed E-state index contributed by atoms with van der Waals surface area (Å²) in [5, 5.41) is 3.48. The van der Waals surface area contributed by atoms with Crippen molar-refractivity contribution in [1.29, 1.82) is 0 Å². The second kappa shape index (κ2) is 7.60. The maximum Gasteiger partial charge on any atom is 0.336 e. The third kappa shape index (κ3) is 3.94. The Morgan fingerprint density at radius 1 is 1.00 bits per heavy atom. The number of amides is 1. The van der Waals surface area contributed by atoms with Gasteiger partial charge in [0.1, 0.15) is 11.3 Å². The van der Waals surface area contributed by atoms with Gasteiger partial charge in [0.15, 0.2) is 18.1 Å². The lowest BCUT2D eigenvalue weighted by molar-refractivity contribution is -0.118. The summed E-state index contributed by atoms with van der Waals surface area (Å²) in [6, 6.07) is 13.1. The minimum absolute atomic E-state index is 0.198. The van der Waals surface area contributed by atoms with E-state index in [1.165, 1.54) is 20.3 Å². The number of ether oxygens (including phenoxy) is 3. The molecule has 0 saturated carbocycles. The molecule has 2 aromatic carbocycles. The molecule has 0 spiro atoms. The van der Waals surface area contributed by atoms with Gasteiger partial charge in [0.05, 0.1) is 14.2 Å². The van der Waals surface area contributed by atoms with E-state index in [9.17, 15) is 9.59 Å². The fraction of sp³-hybridized carbons (Fsp3) is 0.158. The molecule has 0 aliphatic rings. The monoisotopic (exact) mass is 355 g/mol. The second-order valence-corrected chi connectivity index (χ2v) is 5.36. The van der Waals surface area contributed by atoms with Gasteiger partial charge in [-0.2, -0.15) is 0 Å². The van der Waals surface area contributed by atoms with E-state index >= 15 is 0 Å². The van der Waals surface area contributed by atoms with E-state index in [-0.39, 0.29) is 12.5 Å². The molecule has 134 valence electrons. The highest BCUT2D eigenvalue weighted by Crippen LogP contribution is 2.29. The number of anilines is 1. The summed E-state index contributed by atoms with van der Waals surface area (Å²) in [5.41, 5.74) is 0.511. The number of benzene rings is 2. The summed E-state index contributed by atoms with van der Waals surface area (Å²) < 4.78 is 20.9. The number of carbonyl (C=O) groups excluding carboxylic acids is 1. The zero-order valence-electron chi connectivity index (χ0n) is 14.3. The van der Waals surface area contributed by atoms with Crippen LogP contribution in [0.15, 0.2) is 57.7 Å². The van der Waals surface area contributed by atoms with Crippen molar-refractivity contribution >= 4 is 22.6 Å². The standard InChI is InChI=1S/C19H17NO6/c1-23-15-7-5-13(9-17(15)24-2)20-18(21)11-25-14-6-3-12-4-8-19(22)26-16(12)10-14/h3-10H,11H2,1-2H3,(H,20,21). The van der Waals surface area contributed by atoms with E-state index in [4.69, 9.17) is 18.6 Å². The first-order chi connectivity index (χ1) is 12.6. The third-order valence-electron chi connectivity index (χ3n) is 3.63. The summed E-state index contributed by atoms with van der Waals surface area (Å²) in [6.45, 7) is -0.198. The SMILES string of the molecule is COc1ccc(NC(=O)COc2ccc3ccc(=O)oc3c2)cc1OC. The fourth-order valence-electron chi connectivity index (χ4n) is 2.39. The van der Waals surface area contributed by atoms with E-state index in [1.54, 1.807) is 42.5 Å². The van der Waals surface area contributed by atoms with Crippen molar-refractivity contribution in [1.82, 2.24) is 0 Å². The van der Waals surface area contributed by atoms with Crippen LogP contribution in [-0.4, -0.2) is 26.7 Å². The second-order valence-electron chi connectivity index (χ2n) is 5.36. The van der Waals surface area contributed by atoms with E-state index < -0.39 is 5.63 Å². The molecule has 0 saturated heterocycles. The molecule has 3 aromatic rings. The first-order valence-corrected chi connectivity index (χ1v) is 7.77. The van der Waals surface area contributed by atoms with Crippen LogP contribution in [0.25, 0.3) is 11.0 Å². The van der Waals surface area contributed by atoms with Crippen molar-refractivity contribution < 1.29 is 23.4 Å². The van der Waals surface area contributed by atoms with Crippen LogP contribution in [0.3, 0.4) is 0 Å². The molecule has 0 aliphatic heterocycles. The van der Waals surface area contributed by atoms with Crippen LogP contribution < -0.4 is 25.2 Å². The number of carbonyl (C=O) groups is 1. The van der Waals surface area contributed by atoms with E-state index in [2.05, 4.69) is 5.32 Å². The van der Waals surface area contributed by atoms with Crippen LogP contribution in [0, 0.1) is 0 Å². The Morgan fingerprint density at radius 2 is 1.77 bits per heavy atom. The smallest absolute Gasteiger partial charge is 0.336 e. The first kappa shape index (κ1) is 17.3. The molecule has 1 N–H and O–H groups in total. The Morgan fingerprint density at radius 3 is 2.54 bits per heavy atom. The third-order valence-corrected chi connectivity index (χ3v) is 3.63. The van der Waals surface area contributed by atoms with Crippen molar-refractivity contribution in [3.05, 3.63) is 59.0 Å². The van der Waals surface area contributed by atoms with Gasteiger partial charge in [-0.25, -0.2) is 4.79 Å². The van der Waals surface area contributed by atoms with Gasteiger partial charge in [-0.1, -0.05) is 0 Å². The highest BCUT2D eigenvalue weighted by atomic mass is 16.5. The highest BCUT2D eigenvalue weighted by molar-refractivity contribution is 5.92. The van der Waals surface area contributed by atoms with Crippen LogP contribution in [-0.2, 0) is 4.79 Å². The van der Waals surface area contributed by atoms with Gasteiger partial charge in [-0.05, 0) is 30.3 Å². The van der Waals surface area contributed by atoms with Crippen molar-refractivity contribution in [3.8, 4) is 17.2 Å². The Hall–Kier alpha value is -3.48. The molecule has 0 radical (unpaired) electrons. The average Bonchev–Trinajstić information content (AvgIpc) is 2.65. The molecule has 1 amide bonds. The van der Waals surface area contributed by atoms with Gasteiger partial charge in [0.25, 0.3) is 5.91 Å². The Labute approximate surface area is 149 Å². The summed E-state index contributed by atoms with van der Waals surface area (Å²) >= 11 is 0. The molecule has 1 aromatic heterocycles. The maximum absolute atomic E-state index is 12.1. The number of hydrogen-bond donors (Lipinski definition) is 1. The van der Waals surface area contributed by atoms with Crippen molar-refractivity contribution in [3.63, 3.8) is 0 Å². The van der Waals surface area contributed by atoms with Gasteiger partial charge in [0, 0.05) is 29.3 Å². The number of rotatable bonds is 6. The molecular weight excluding hydrogens is 338 g/mol. The normalized spacial score (nSPS) is 10.4. The number of hydrogen-bond acceptors (Lipinski definition) is 6. The molecule has 0 bridgehead atoms. The number of methoxy groups -OCH3 is 2. The minimum atomic E-state index is -0.444. The first-order valence-electron chi connectivity index (χ1n) is 7.77. The topological polar surface area (TPSA) is 87.0 Å². The van der Waals surface area contributed by atoms with Crippen LogP contribution in [0.5, 0.6) is 17.2 Å². The molecule has 0 unspecified atom stereocenters. The number of nitrogens with one attached hydrogen (secondary N) is 1. The van der Waals surface area contributed by atoms with Gasteiger partial charge < -0.3 is 23.9 Å². The van der Waals surface area contributed by atoms with E-state index in [0.717, 1.165) is 5.39 Å². The Kier molecular flexibility index (Phi) is 5.07. The molecule has 26 heavy (non-hydrogen) atoms. The molecule has 1 heterocycles. The molecule has 7 nitrogen and oxygen atoms in total. The zero-order chi connectivity index (χ0) is 18.5. The van der Waals surface area contributed by atoms with Crippen LogP contribution >= 0.6 is 0 Å². The maximum atomic E-state index is 12.1. The van der Waals surface area contributed by atoms with Crippen LogP contribution in [0.4, 0.5) is 5.69 Å². The summed E-state index contributed by atoms with van der Waals surface area (Å²) in [4.78, 5) is 23.3. The lowest BCUT2D eigenvalue weighted by Gasteiger charge is -2.11. The molecule has 0 aliphatic carbocycles.